The fraction of sp³-hybridized carbons (Fsp3) is 0.300. The Morgan fingerprint density at radius 3 is 2.64 bits per heavy atom. The maximum atomic E-state index is 13.2. The Bertz CT molecular complexity index is 337. The summed E-state index contributed by atoms with van der Waals surface area (Å²) in [6, 6.07) is 2.31. The van der Waals surface area contributed by atoms with Gasteiger partial charge >= 0.3 is 0 Å². The Balaban J connectivity index is 3.18. The summed E-state index contributed by atoms with van der Waals surface area (Å²) in [6.45, 7) is 3.31. The first kappa shape index (κ1) is 10.5. The number of phenolic OH excluding ortho intramolecular Hbond substituents is 1. The van der Waals surface area contributed by atoms with Gasteiger partial charge in [0.1, 0.15) is 17.3 Å². The summed E-state index contributed by atoms with van der Waals surface area (Å²) in [5, 5.41) is 9.33. The largest absolute Gasteiger partial charge is 0.507 e. The molecular formula is C10H11FO3. The molecule has 0 saturated heterocycles. The van der Waals surface area contributed by atoms with Crippen molar-refractivity contribution < 1.29 is 19.0 Å². The Morgan fingerprint density at radius 2 is 2.21 bits per heavy atom. The number of ketones is 1. The van der Waals surface area contributed by atoms with Crippen molar-refractivity contribution in [2.75, 3.05) is 6.61 Å². The van der Waals surface area contributed by atoms with E-state index in [0.29, 0.717) is 6.61 Å². The van der Waals surface area contributed by atoms with Crippen molar-refractivity contribution >= 4 is 5.78 Å². The number of carbonyl (C=O) groups is 1. The average molecular weight is 198 g/mol. The van der Waals surface area contributed by atoms with Crippen molar-refractivity contribution in [2.24, 2.45) is 0 Å². The molecule has 1 aromatic rings. The van der Waals surface area contributed by atoms with Crippen LogP contribution in [0.1, 0.15) is 24.2 Å². The number of rotatable bonds is 3. The van der Waals surface area contributed by atoms with E-state index >= 15 is 0 Å². The Kier molecular flexibility index (Phi) is 3.06. The number of phenols is 1. The molecule has 4 heteroatoms. The van der Waals surface area contributed by atoms with Crippen molar-refractivity contribution in [2.45, 2.75) is 13.8 Å². The highest BCUT2D eigenvalue weighted by Gasteiger charge is 2.14. The first-order chi connectivity index (χ1) is 6.56. The van der Waals surface area contributed by atoms with Gasteiger partial charge in [-0.05, 0) is 13.8 Å². The molecule has 14 heavy (non-hydrogen) atoms. The third-order valence-corrected chi connectivity index (χ3v) is 1.71. The van der Waals surface area contributed by atoms with Crippen molar-refractivity contribution in [3.8, 4) is 11.5 Å². The van der Waals surface area contributed by atoms with Gasteiger partial charge in [0.15, 0.2) is 5.78 Å². The molecule has 1 aromatic carbocycles. The monoisotopic (exact) mass is 198 g/mol. The van der Waals surface area contributed by atoms with Crippen LogP contribution in [0.3, 0.4) is 0 Å². The van der Waals surface area contributed by atoms with Gasteiger partial charge in [-0.15, -0.1) is 0 Å². The maximum absolute atomic E-state index is 13.2. The van der Waals surface area contributed by atoms with Gasteiger partial charge in [0.25, 0.3) is 0 Å². The molecule has 0 aliphatic carbocycles. The summed E-state index contributed by atoms with van der Waals surface area (Å²) in [5.74, 6) is -1.45. The van der Waals surface area contributed by atoms with Gasteiger partial charge in [-0.2, -0.15) is 0 Å². The molecule has 0 amide bonds. The van der Waals surface area contributed by atoms with Crippen LogP contribution < -0.4 is 4.74 Å². The van der Waals surface area contributed by atoms with E-state index in [4.69, 9.17) is 4.74 Å². The summed E-state index contributed by atoms with van der Waals surface area (Å²) in [7, 11) is 0. The first-order valence-corrected chi connectivity index (χ1v) is 4.22. The van der Waals surface area contributed by atoms with Crippen LogP contribution in [-0.4, -0.2) is 17.5 Å². The molecule has 0 atom stereocenters. The maximum Gasteiger partial charge on any atom is 0.166 e. The smallest absolute Gasteiger partial charge is 0.166 e. The van der Waals surface area contributed by atoms with Crippen molar-refractivity contribution in [3.63, 3.8) is 0 Å². The molecule has 76 valence electrons. The number of hydrogen-bond acceptors (Lipinski definition) is 3. The molecule has 0 aliphatic heterocycles. The van der Waals surface area contributed by atoms with Gasteiger partial charge in [-0.25, -0.2) is 4.39 Å². The lowest BCUT2D eigenvalue weighted by atomic mass is 10.1. The van der Waals surface area contributed by atoms with E-state index in [1.165, 1.54) is 13.0 Å². The third kappa shape index (κ3) is 2.02. The fourth-order valence-electron chi connectivity index (χ4n) is 1.17. The van der Waals surface area contributed by atoms with E-state index in [-0.39, 0.29) is 17.1 Å². The number of halogens is 1. The van der Waals surface area contributed by atoms with Crippen LogP contribution in [0.15, 0.2) is 12.1 Å². The van der Waals surface area contributed by atoms with Crippen LogP contribution in [0.4, 0.5) is 4.39 Å². The zero-order valence-corrected chi connectivity index (χ0v) is 8.00. The van der Waals surface area contributed by atoms with Gasteiger partial charge in [-0.3, -0.25) is 4.79 Å². The van der Waals surface area contributed by atoms with E-state index in [1.807, 2.05) is 0 Å². The summed E-state index contributed by atoms with van der Waals surface area (Å²) in [5.41, 5.74) is -0.298. The highest BCUT2D eigenvalue weighted by Crippen LogP contribution is 2.27. The zero-order chi connectivity index (χ0) is 10.7. The Hall–Kier alpha value is -1.58. The van der Waals surface area contributed by atoms with E-state index in [0.717, 1.165) is 6.07 Å². The Labute approximate surface area is 81.1 Å². The number of carbonyl (C=O) groups excluding carboxylic acids is 1. The molecule has 0 radical (unpaired) electrons. The number of benzene rings is 1. The highest BCUT2D eigenvalue weighted by atomic mass is 19.1. The van der Waals surface area contributed by atoms with Crippen LogP contribution in [-0.2, 0) is 0 Å². The lowest BCUT2D eigenvalue weighted by Crippen LogP contribution is -1.99. The van der Waals surface area contributed by atoms with Gasteiger partial charge in [0, 0.05) is 12.1 Å². The molecule has 0 fully saturated rings. The van der Waals surface area contributed by atoms with Gasteiger partial charge in [-0.1, -0.05) is 0 Å². The fourth-order valence-corrected chi connectivity index (χ4v) is 1.17. The Morgan fingerprint density at radius 1 is 1.57 bits per heavy atom. The van der Waals surface area contributed by atoms with Crippen LogP contribution in [0, 0.1) is 5.82 Å². The summed E-state index contributed by atoms with van der Waals surface area (Å²) in [4.78, 5) is 10.9. The molecule has 0 unspecified atom stereocenters. The SMILES string of the molecule is CCOc1cc(O)c(C(C)=O)c(F)c1. The molecule has 0 saturated carbocycles. The number of ether oxygens (including phenoxy) is 1. The summed E-state index contributed by atoms with van der Waals surface area (Å²) < 4.78 is 18.2. The van der Waals surface area contributed by atoms with Gasteiger partial charge < -0.3 is 9.84 Å². The molecule has 3 nitrogen and oxygen atoms in total. The molecule has 0 aromatic heterocycles. The zero-order valence-electron chi connectivity index (χ0n) is 8.00. The minimum absolute atomic E-state index is 0.215. The lowest BCUT2D eigenvalue weighted by Gasteiger charge is -2.06. The molecular weight excluding hydrogens is 187 g/mol. The van der Waals surface area contributed by atoms with E-state index < -0.39 is 11.6 Å². The molecule has 0 aliphatic rings. The second-order valence-corrected chi connectivity index (χ2v) is 2.79. The van der Waals surface area contributed by atoms with Crippen molar-refractivity contribution in [1.29, 1.82) is 0 Å². The first-order valence-electron chi connectivity index (χ1n) is 4.22. The summed E-state index contributed by atoms with van der Waals surface area (Å²) >= 11 is 0. The van der Waals surface area contributed by atoms with Gasteiger partial charge in [0.05, 0.1) is 12.2 Å². The van der Waals surface area contributed by atoms with Crippen LogP contribution in [0.5, 0.6) is 11.5 Å². The second-order valence-electron chi connectivity index (χ2n) is 2.79. The van der Waals surface area contributed by atoms with E-state index in [2.05, 4.69) is 0 Å². The minimum Gasteiger partial charge on any atom is -0.507 e. The van der Waals surface area contributed by atoms with E-state index in [9.17, 15) is 14.3 Å². The molecule has 0 bridgehead atoms. The number of aromatic hydroxyl groups is 1. The lowest BCUT2D eigenvalue weighted by molar-refractivity contribution is 0.101. The standard InChI is InChI=1S/C10H11FO3/c1-3-14-7-4-8(11)10(6(2)12)9(13)5-7/h4-5,13H,3H2,1-2H3. The number of Topliss-reactive ketones (excluding diaryl/α,β-unsaturated/α-hetero) is 1. The third-order valence-electron chi connectivity index (χ3n) is 1.71. The van der Waals surface area contributed by atoms with E-state index in [1.54, 1.807) is 6.92 Å². The van der Waals surface area contributed by atoms with Crippen molar-refractivity contribution in [1.82, 2.24) is 0 Å². The van der Waals surface area contributed by atoms with Crippen LogP contribution >= 0.6 is 0 Å². The predicted molar refractivity (Wildman–Crippen MR) is 49.2 cm³/mol. The second kappa shape index (κ2) is 4.09. The number of hydrogen-bond donors (Lipinski definition) is 1. The summed E-state index contributed by atoms with van der Waals surface area (Å²) in [6.07, 6.45) is 0. The highest BCUT2D eigenvalue weighted by molar-refractivity contribution is 5.97. The van der Waals surface area contributed by atoms with Crippen molar-refractivity contribution in [3.05, 3.63) is 23.5 Å². The van der Waals surface area contributed by atoms with Crippen LogP contribution in [0.25, 0.3) is 0 Å². The quantitative estimate of drug-likeness (QED) is 0.757. The topological polar surface area (TPSA) is 46.5 Å². The molecule has 1 N–H and O–H groups in total. The minimum atomic E-state index is -0.763. The average Bonchev–Trinajstić information content (AvgIpc) is 2.01. The molecule has 0 heterocycles. The molecule has 0 spiro atoms. The van der Waals surface area contributed by atoms with Crippen LogP contribution in [0.2, 0.25) is 0 Å². The predicted octanol–water partition coefficient (Wildman–Crippen LogP) is 2.13. The van der Waals surface area contributed by atoms with Gasteiger partial charge in [0.2, 0.25) is 0 Å². The molecule has 1 rings (SSSR count). The normalized spacial score (nSPS) is 9.93.